The Hall–Kier alpha value is -1.39. The first-order chi connectivity index (χ1) is 11.7. The smallest absolute Gasteiger partial charge is 0.305 e. The molecule has 2 rings (SSSR count). The Bertz CT molecular complexity index is 475. The van der Waals surface area contributed by atoms with Crippen LogP contribution in [0, 0.1) is 12.8 Å². The number of unbranched alkanes of at least 4 members (excludes halogenated alkanes) is 4. The molecule has 0 spiro atoms. The third-order valence-corrected chi connectivity index (χ3v) is 4.28. The molecule has 0 unspecified atom stereocenters. The van der Waals surface area contributed by atoms with E-state index in [4.69, 9.17) is 14.2 Å². The Balaban J connectivity index is 1.59. The van der Waals surface area contributed by atoms with Crippen LogP contribution in [-0.2, 0) is 19.0 Å². The van der Waals surface area contributed by atoms with E-state index in [0.717, 1.165) is 18.4 Å². The molecule has 0 aliphatic carbocycles. The minimum atomic E-state index is -0.309. The molecule has 1 aromatic carbocycles. The second-order valence-electron chi connectivity index (χ2n) is 6.62. The summed E-state index contributed by atoms with van der Waals surface area (Å²) >= 11 is 0. The van der Waals surface area contributed by atoms with Crippen LogP contribution in [0.1, 0.15) is 62.9 Å². The van der Waals surface area contributed by atoms with Crippen molar-refractivity contribution in [3.63, 3.8) is 0 Å². The first-order valence-electron chi connectivity index (χ1n) is 9.14. The van der Waals surface area contributed by atoms with Crippen LogP contribution in [0.2, 0.25) is 0 Å². The molecule has 1 aromatic rings. The van der Waals surface area contributed by atoms with E-state index in [1.54, 1.807) is 0 Å². The molecule has 0 amide bonds. The van der Waals surface area contributed by atoms with Gasteiger partial charge in [0, 0.05) is 17.9 Å². The van der Waals surface area contributed by atoms with Crippen molar-refractivity contribution in [3.05, 3.63) is 35.4 Å². The van der Waals surface area contributed by atoms with E-state index in [1.807, 2.05) is 12.1 Å². The third kappa shape index (κ3) is 6.62. The van der Waals surface area contributed by atoms with Gasteiger partial charge in [-0.2, -0.15) is 0 Å². The van der Waals surface area contributed by atoms with Gasteiger partial charge in [-0.3, -0.25) is 4.79 Å². The number of hydrogen-bond acceptors (Lipinski definition) is 4. The van der Waals surface area contributed by atoms with E-state index in [-0.39, 0.29) is 18.2 Å². The van der Waals surface area contributed by atoms with Gasteiger partial charge in [-0.15, -0.1) is 0 Å². The molecule has 0 radical (unpaired) electrons. The molecular weight excluding hydrogens is 304 g/mol. The van der Waals surface area contributed by atoms with Crippen LogP contribution < -0.4 is 0 Å². The lowest BCUT2D eigenvalue weighted by molar-refractivity contribution is -0.212. The van der Waals surface area contributed by atoms with Crippen molar-refractivity contribution < 1.29 is 19.0 Å². The van der Waals surface area contributed by atoms with Gasteiger partial charge in [0.05, 0.1) is 19.8 Å². The number of esters is 1. The van der Waals surface area contributed by atoms with Crippen LogP contribution in [0.4, 0.5) is 0 Å². The highest BCUT2D eigenvalue weighted by atomic mass is 16.7. The Labute approximate surface area is 145 Å². The van der Waals surface area contributed by atoms with Gasteiger partial charge in [0.2, 0.25) is 0 Å². The van der Waals surface area contributed by atoms with E-state index < -0.39 is 0 Å². The van der Waals surface area contributed by atoms with Crippen molar-refractivity contribution in [1.29, 1.82) is 0 Å². The van der Waals surface area contributed by atoms with Gasteiger partial charge < -0.3 is 14.2 Å². The van der Waals surface area contributed by atoms with Crippen molar-refractivity contribution in [2.75, 3.05) is 19.8 Å². The lowest BCUT2D eigenvalue weighted by Crippen LogP contribution is -2.31. The van der Waals surface area contributed by atoms with E-state index >= 15 is 0 Å². The van der Waals surface area contributed by atoms with Gasteiger partial charge in [0.1, 0.15) is 0 Å². The fraction of sp³-hybridized carbons (Fsp3) is 0.650. The highest BCUT2D eigenvalue weighted by Gasteiger charge is 2.24. The molecule has 1 saturated heterocycles. The lowest BCUT2D eigenvalue weighted by Gasteiger charge is -2.29. The largest absolute Gasteiger partial charge is 0.465 e. The van der Waals surface area contributed by atoms with E-state index in [2.05, 4.69) is 26.0 Å². The molecular formula is C20H30O4. The quantitative estimate of drug-likeness (QED) is 0.490. The predicted octanol–water partition coefficient (Wildman–Crippen LogP) is 4.56. The van der Waals surface area contributed by atoms with Gasteiger partial charge in [-0.05, 0) is 13.3 Å². The topological polar surface area (TPSA) is 44.8 Å². The number of aryl methyl sites for hydroxylation is 1. The summed E-state index contributed by atoms with van der Waals surface area (Å²) < 4.78 is 16.9. The van der Waals surface area contributed by atoms with Crippen molar-refractivity contribution in [3.8, 4) is 0 Å². The van der Waals surface area contributed by atoms with Crippen LogP contribution in [0.15, 0.2) is 24.3 Å². The van der Waals surface area contributed by atoms with Crippen LogP contribution in [0.25, 0.3) is 0 Å². The molecule has 0 bridgehead atoms. The minimum Gasteiger partial charge on any atom is -0.465 e. The Morgan fingerprint density at radius 3 is 2.42 bits per heavy atom. The molecule has 134 valence electrons. The summed E-state index contributed by atoms with van der Waals surface area (Å²) in [5.41, 5.74) is 2.25. The van der Waals surface area contributed by atoms with Crippen molar-refractivity contribution >= 4 is 5.97 Å². The van der Waals surface area contributed by atoms with Gasteiger partial charge in [0.25, 0.3) is 0 Å². The van der Waals surface area contributed by atoms with E-state index in [9.17, 15) is 4.79 Å². The average Bonchev–Trinajstić information content (AvgIpc) is 2.61. The zero-order valence-electron chi connectivity index (χ0n) is 15.0. The number of carbonyl (C=O) groups excluding carboxylic acids is 1. The maximum absolute atomic E-state index is 11.7. The average molecular weight is 334 g/mol. The Kier molecular flexibility index (Phi) is 8.26. The summed E-state index contributed by atoms with van der Waals surface area (Å²) in [5.74, 6) is 0.0166. The van der Waals surface area contributed by atoms with Crippen molar-refractivity contribution in [2.45, 2.75) is 58.7 Å². The van der Waals surface area contributed by atoms with Gasteiger partial charge >= 0.3 is 5.97 Å². The van der Waals surface area contributed by atoms with Gasteiger partial charge in [0.15, 0.2) is 6.29 Å². The van der Waals surface area contributed by atoms with E-state index in [1.165, 1.54) is 24.8 Å². The van der Waals surface area contributed by atoms with Crippen LogP contribution in [0.3, 0.4) is 0 Å². The second-order valence-corrected chi connectivity index (χ2v) is 6.62. The zero-order valence-corrected chi connectivity index (χ0v) is 15.0. The molecule has 1 heterocycles. The molecule has 0 aromatic heterocycles. The minimum absolute atomic E-state index is 0.104. The summed E-state index contributed by atoms with van der Waals surface area (Å²) in [7, 11) is 0. The van der Waals surface area contributed by atoms with Gasteiger partial charge in [-0.1, -0.05) is 62.4 Å². The molecule has 0 N–H and O–H groups in total. The first kappa shape index (κ1) is 18.9. The molecule has 1 aliphatic heterocycles. The summed E-state index contributed by atoms with van der Waals surface area (Å²) in [6.07, 6.45) is 5.90. The molecule has 0 saturated carbocycles. The second kappa shape index (κ2) is 10.5. The SMILES string of the molecule is CCCCCCCC(=O)OCC1COC(c2ccc(C)cc2)OC1. The number of ether oxygens (including phenoxy) is 3. The first-order valence-corrected chi connectivity index (χ1v) is 9.14. The number of rotatable bonds is 9. The summed E-state index contributed by atoms with van der Waals surface area (Å²) in [5, 5.41) is 0. The molecule has 24 heavy (non-hydrogen) atoms. The predicted molar refractivity (Wildman–Crippen MR) is 93.6 cm³/mol. The number of carbonyl (C=O) groups is 1. The molecule has 4 heteroatoms. The summed E-state index contributed by atoms with van der Waals surface area (Å²) in [6.45, 7) is 5.74. The molecule has 1 fully saturated rings. The zero-order chi connectivity index (χ0) is 17.2. The number of hydrogen-bond donors (Lipinski definition) is 0. The maximum Gasteiger partial charge on any atom is 0.305 e. The van der Waals surface area contributed by atoms with Crippen molar-refractivity contribution in [1.82, 2.24) is 0 Å². The molecule has 0 atom stereocenters. The lowest BCUT2D eigenvalue weighted by atomic mass is 10.1. The van der Waals surface area contributed by atoms with Crippen LogP contribution >= 0.6 is 0 Å². The Morgan fingerprint density at radius 2 is 1.75 bits per heavy atom. The highest BCUT2D eigenvalue weighted by Crippen LogP contribution is 2.25. The van der Waals surface area contributed by atoms with Crippen LogP contribution in [0.5, 0.6) is 0 Å². The highest BCUT2D eigenvalue weighted by molar-refractivity contribution is 5.69. The monoisotopic (exact) mass is 334 g/mol. The third-order valence-electron chi connectivity index (χ3n) is 4.28. The molecule has 4 nitrogen and oxygen atoms in total. The maximum atomic E-state index is 11.7. The number of benzene rings is 1. The molecule has 1 aliphatic rings. The van der Waals surface area contributed by atoms with E-state index in [0.29, 0.717) is 26.2 Å². The summed E-state index contributed by atoms with van der Waals surface area (Å²) in [4.78, 5) is 11.7. The van der Waals surface area contributed by atoms with Crippen molar-refractivity contribution in [2.24, 2.45) is 5.92 Å². The standard InChI is InChI=1S/C20H30O4/c1-3-4-5-6-7-8-19(21)22-13-17-14-23-20(24-15-17)18-11-9-16(2)10-12-18/h9-12,17,20H,3-8,13-15H2,1-2H3. The van der Waals surface area contributed by atoms with Crippen LogP contribution in [-0.4, -0.2) is 25.8 Å². The fourth-order valence-electron chi connectivity index (χ4n) is 2.71. The Morgan fingerprint density at radius 1 is 1.08 bits per heavy atom. The normalized spacial score (nSPS) is 20.8. The van der Waals surface area contributed by atoms with Gasteiger partial charge in [-0.25, -0.2) is 0 Å². The fourth-order valence-corrected chi connectivity index (χ4v) is 2.71. The summed E-state index contributed by atoms with van der Waals surface area (Å²) in [6, 6.07) is 8.16.